The Kier molecular flexibility index (Phi) is 9.64. The third-order valence-electron chi connectivity index (χ3n) is 12.9. The van der Waals surface area contributed by atoms with E-state index in [1.165, 1.54) is 109 Å². The minimum atomic E-state index is -0.227. The van der Waals surface area contributed by atoms with Crippen molar-refractivity contribution >= 4 is 38.8 Å². The van der Waals surface area contributed by atoms with Gasteiger partial charge in [0.05, 0.1) is 0 Å². The van der Waals surface area contributed by atoms with Crippen LogP contribution < -0.4 is 10.4 Å². The van der Waals surface area contributed by atoms with E-state index in [-0.39, 0.29) is 10.8 Å². The van der Waals surface area contributed by atoms with Crippen LogP contribution in [0.3, 0.4) is 0 Å². The predicted octanol–water partition coefficient (Wildman–Crippen LogP) is 14.2. The maximum absolute atomic E-state index is 4.24. The molecule has 8 aromatic rings. The second-order valence-corrected chi connectivity index (χ2v) is 19.1. The highest BCUT2D eigenvalue weighted by Gasteiger charge is 2.32. The number of allylic oxidation sites excluding steroid dienone is 4. The van der Waals surface area contributed by atoms with Crippen LogP contribution in [-0.4, -0.2) is 0 Å². The molecular weight excluding hydrogens is 733 g/mol. The van der Waals surface area contributed by atoms with Crippen LogP contribution >= 0.6 is 0 Å². The molecule has 0 fully saturated rings. The summed E-state index contributed by atoms with van der Waals surface area (Å²) in [5, 5.41) is 10.3. The normalized spacial score (nSPS) is 13.3. The summed E-state index contributed by atoms with van der Waals surface area (Å²) < 4.78 is 0. The van der Waals surface area contributed by atoms with Crippen LogP contribution in [-0.2, 0) is 23.7 Å². The minimum absolute atomic E-state index is 0.124. The summed E-state index contributed by atoms with van der Waals surface area (Å²) in [6.45, 7) is 14.4. The Hall–Kier alpha value is -6.50. The molecule has 2 aliphatic rings. The SMILES string of the molecule is CC(C)(C)c1cc2c(cc1-c1cccc3ccccc13)=[C]c1c(C3=CC=CC3)c(-c3cccc4ccccc34)c(C(C)(C)C)c(=C(Cc3ccccc3)Cc3ccccc3)c1=2. The Labute approximate surface area is 361 Å². The molecule has 0 saturated heterocycles. The average Bonchev–Trinajstić information content (AvgIpc) is 3.93. The van der Waals surface area contributed by atoms with Crippen LogP contribution in [0.4, 0.5) is 0 Å². The molecule has 2 aliphatic carbocycles. The van der Waals surface area contributed by atoms with Gasteiger partial charge in [0.1, 0.15) is 0 Å². The number of hydrogen-bond donors (Lipinski definition) is 0. The van der Waals surface area contributed by atoms with Gasteiger partial charge < -0.3 is 0 Å². The second kappa shape index (κ2) is 15.2. The summed E-state index contributed by atoms with van der Waals surface area (Å²) in [7, 11) is 0. The molecule has 61 heavy (non-hydrogen) atoms. The Balaban J connectivity index is 1.48. The summed E-state index contributed by atoms with van der Waals surface area (Å²) in [4.78, 5) is 0. The molecule has 0 aliphatic heterocycles. The molecule has 0 nitrogen and oxygen atoms in total. The first kappa shape index (κ1) is 38.7. The van der Waals surface area contributed by atoms with E-state index in [0.717, 1.165) is 19.3 Å². The van der Waals surface area contributed by atoms with Gasteiger partial charge in [-0.25, -0.2) is 0 Å². The quantitative estimate of drug-likeness (QED) is 0.151. The first-order valence-electron chi connectivity index (χ1n) is 22.0. The molecule has 1 radical (unpaired) electrons. The zero-order valence-electron chi connectivity index (χ0n) is 36.4. The van der Waals surface area contributed by atoms with Crippen molar-refractivity contribution in [3.63, 3.8) is 0 Å². The summed E-state index contributed by atoms with van der Waals surface area (Å²) in [5.41, 5.74) is 15.6. The van der Waals surface area contributed by atoms with Crippen molar-refractivity contribution in [1.82, 2.24) is 0 Å². The molecule has 8 aromatic carbocycles. The third kappa shape index (κ3) is 6.99. The van der Waals surface area contributed by atoms with Crippen LogP contribution in [0.25, 0.3) is 61.0 Å². The van der Waals surface area contributed by atoms with E-state index < -0.39 is 0 Å². The first-order valence-corrected chi connectivity index (χ1v) is 22.0. The predicted molar refractivity (Wildman–Crippen MR) is 261 cm³/mol. The highest BCUT2D eigenvalue weighted by atomic mass is 14.3. The van der Waals surface area contributed by atoms with Crippen molar-refractivity contribution in [3.8, 4) is 22.3 Å². The van der Waals surface area contributed by atoms with Gasteiger partial charge in [0, 0.05) is 0 Å². The molecule has 297 valence electrons. The van der Waals surface area contributed by atoms with E-state index in [2.05, 4.69) is 224 Å². The van der Waals surface area contributed by atoms with Gasteiger partial charge in [-0.3, -0.25) is 0 Å². The fraction of sp³-hybridized carbons (Fsp3) is 0.180. The summed E-state index contributed by atoms with van der Waals surface area (Å²) in [5.74, 6) is 0. The van der Waals surface area contributed by atoms with Gasteiger partial charge in [0.15, 0.2) is 0 Å². The van der Waals surface area contributed by atoms with Crippen molar-refractivity contribution in [1.29, 1.82) is 0 Å². The fourth-order valence-corrected chi connectivity index (χ4v) is 10.2. The third-order valence-corrected chi connectivity index (χ3v) is 12.9. The van der Waals surface area contributed by atoms with E-state index in [0.29, 0.717) is 0 Å². The molecule has 0 amide bonds. The van der Waals surface area contributed by atoms with Gasteiger partial charge in [-0.2, -0.15) is 0 Å². The molecule has 0 N–H and O–H groups in total. The lowest BCUT2D eigenvalue weighted by Crippen LogP contribution is -2.30. The lowest BCUT2D eigenvalue weighted by Gasteiger charge is -2.30. The number of hydrogen-bond acceptors (Lipinski definition) is 0. The van der Waals surface area contributed by atoms with Gasteiger partial charge in [-0.15, -0.1) is 0 Å². The van der Waals surface area contributed by atoms with Crippen LogP contribution in [0.2, 0.25) is 0 Å². The Morgan fingerprint density at radius 3 is 1.67 bits per heavy atom. The highest BCUT2D eigenvalue weighted by molar-refractivity contribution is 6.03. The lowest BCUT2D eigenvalue weighted by atomic mass is 9.73. The van der Waals surface area contributed by atoms with E-state index >= 15 is 0 Å². The van der Waals surface area contributed by atoms with Crippen LogP contribution in [0, 0.1) is 10.4 Å². The van der Waals surface area contributed by atoms with Crippen molar-refractivity contribution in [2.45, 2.75) is 71.6 Å². The van der Waals surface area contributed by atoms with Crippen LogP contribution in [0.15, 0.2) is 176 Å². The zero-order valence-corrected chi connectivity index (χ0v) is 36.4. The maximum atomic E-state index is 4.24. The highest BCUT2D eigenvalue weighted by Crippen LogP contribution is 2.45. The lowest BCUT2D eigenvalue weighted by molar-refractivity contribution is 0.586. The monoisotopic (exact) mass is 785 g/mol. The average molecular weight is 786 g/mol. The van der Waals surface area contributed by atoms with Crippen molar-refractivity contribution in [2.75, 3.05) is 0 Å². The first-order chi connectivity index (χ1) is 29.5. The molecular formula is C61H53. The van der Waals surface area contributed by atoms with Crippen LogP contribution in [0.5, 0.6) is 0 Å². The van der Waals surface area contributed by atoms with E-state index in [1.54, 1.807) is 0 Å². The van der Waals surface area contributed by atoms with Crippen molar-refractivity contribution in [2.24, 2.45) is 0 Å². The van der Waals surface area contributed by atoms with Crippen LogP contribution in [0.1, 0.15) is 81.3 Å². The van der Waals surface area contributed by atoms with Crippen molar-refractivity contribution < 1.29 is 0 Å². The standard InChI is InChI=1S/C61H53/c1-60(2,3)54-39-51-45(37-52(54)49-33-19-29-42-25-15-17-31-47(42)49)38-53-55(44-27-13-14-28-44)58(50-34-20-30-43-26-16-18-32-48(43)50)59(61(4,5)6)56(57(51)53)46(35-40-21-9-7-10-22-40)36-41-23-11-8-12-24-41/h7-27,29-34,37,39H,28,35-36H2,1-6H3. The van der Waals surface area contributed by atoms with Gasteiger partial charge in [-0.1, -0.05) is 211 Å². The number of fused-ring (bicyclic) bond motifs is 4. The maximum Gasteiger partial charge on any atom is -0.000453 e. The number of benzene rings is 8. The Morgan fingerprint density at radius 2 is 1.10 bits per heavy atom. The van der Waals surface area contributed by atoms with Gasteiger partial charge in [-0.05, 0) is 152 Å². The van der Waals surface area contributed by atoms with Crippen molar-refractivity contribution in [3.05, 3.63) is 230 Å². The second-order valence-electron chi connectivity index (χ2n) is 19.1. The molecule has 0 unspecified atom stereocenters. The Bertz CT molecular complexity index is 3250. The van der Waals surface area contributed by atoms with Gasteiger partial charge >= 0.3 is 0 Å². The van der Waals surface area contributed by atoms with E-state index in [4.69, 9.17) is 0 Å². The zero-order chi connectivity index (χ0) is 41.9. The largest absolute Gasteiger partial charge is 0.0801 e. The summed E-state index contributed by atoms with van der Waals surface area (Å²) >= 11 is 0. The van der Waals surface area contributed by atoms with Gasteiger partial charge in [0.25, 0.3) is 0 Å². The molecule has 10 rings (SSSR count). The molecule has 0 atom stereocenters. The number of rotatable bonds is 7. The smallest absolute Gasteiger partial charge is 0.000453 e. The molecule has 0 saturated carbocycles. The summed E-state index contributed by atoms with van der Waals surface area (Å²) in [6, 6.07) is 58.7. The molecule has 0 bridgehead atoms. The topological polar surface area (TPSA) is 0 Å². The molecule has 0 aromatic heterocycles. The molecule has 0 spiro atoms. The van der Waals surface area contributed by atoms with E-state index in [1.807, 2.05) is 0 Å². The Morgan fingerprint density at radius 1 is 0.541 bits per heavy atom. The molecule has 0 heteroatoms. The summed E-state index contributed by atoms with van der Waals surface area (Å²) in [6.07, 6.45) is 13.8. The minimum Gasteiger partial charge on any atom is -0.0801 e. The van der Waals surface area contributed by atoms with Gasteiger partial charge in [0.2, 0.25) is 0 Å². The molecule has 0 heterocycles. The fourth-order valence-electron chi connectivity index (χ4n) is 10.2. The van der Waals surface area contributed by atoms with E-state index in [9.17, 15) is 0 Å².